The summed E-state index contributed by atoms with van der Waals surface area (Å²) >= 11 is 0. The Labute approximate surface area is 180 Å². The normalized spacial score (nSPS) is 16.7. The van der Waals surface area contributed by atoms with Gasteiger partial charge in [-0.3, -0.25) is 0 Å². The zero-order chi connectivity index (χ0) is 22.3. The number of nitrogens with one attached hydrogen (secondary N) is 1. The zero-order valence-electron chi connectivity index (χ0n) is 18.2. The van der Waals surface area contributed by atoms with Gasteiger partial charge in [-0.05, 0) is 87.4 Å². The van der Waals surface area contributed by atoms with E-state index in [4.69, 9.17) is 0 Å². The molecule has 0 spiro atoms. The number of nitrogens with zero attached hydrogens (tertiary/aromatic N) is 1. The first kappa shape index (κ1) is 22.9. The van der Waals surface area contributed by atoms with Crippen molar-refractivity contribution in [3.05, 3.63) is 58.1 Å². The topological polar surface area (TPSA) is 83.6 Å². The molecule has 0 bridgehead atoms. The molecule has 1 fully saturated rings. The molecule has 2 aromatic rings. The lowest BCUT2D eigenvalue weighted by atomic mass is 9.95. The molecule has 1 heterocycles. The second-order valence-electron chi connectivity index (χ2n) is 8.07. The van der Waals surface area contributed by atoms with E-state index in [0.717, 1.165) is 27.8 Å². The predicted octanol–water partition coefficient (Wildman–Crippen LogP) is 3.36. The molecule has 1 saturated heterocycles. The maximum atomic E-state index is 13.4. The van der Waals surface area contributed by atoms with Crippen LogP contribution in [0.25, 0.3) is 0 Å². The molecule has 8 heteroatoms. The van der Waals surface area contributed by atoms with E-state index in [1.54, 1.807) is 30.3 Å². The molecular formula is C22H30N2O4S2. The van der Waals surface area contributed by atoms with Crippen LogP contribution in [0.3, 0.4) is 0 Å². The number of hydrogen-bond acceptors (Lipinski definition) is 4. The summed E-state index contributed by atoms with van der Waals surface area (Å²) in [6.07, 6.45) is 0.875. The van der Waals surface area contributed by atoms with E-state index in [0.29, 0.717) is 17.7 Å². The standard InChI is InChI=1S/C22H30N2O4S2/c1-15-16(2)18(4)22(19(5)17(15)3)30(27,28)24-13-11-20(12-14-24)23-29(25,26)21-9-7-6-8-10-21/h6-10,20,23H,11-14H2,1-5H3. The summed E-state index contributed by atoms with van der Waals surface area (Å²) in [5, 5.41) is 0. The summed E-state index contributed by atoms with van der Waals surface area (Å²) in [6, 6.07) is 7.94. The van der Waals surface area contributed by atoms with Crippen molar-refractivity contribution in [2.45, 2.75) is 63.3 Å². The fraction of sp³-hybridized carbons (Fsp3) is 0.455. The van der Waals surface area contributed by atoms with Crippen LogP contribution in [0.5, 0.6) is 0 Å². The largest absolute Gasteiger partial charge is 0.243 e. The second-order valence-corrected chi connectivity index (χ2v) is 11.7. The Morgan fingerprint density at radius 2 is 1.23 bits per heavy atom. The molecule has 0 aliphatic carbocycles. The highest BCUT2D eigenvalue weighted by atomic mass is 32.2. The van der Waals surface area contributed by atoms with Gasteiger partial charge in [0.1, 0.15) is 0 Å². The van der Waals surface area contributed by atoms with Crippen LogP contribution in [0, 0.1) is 34.6 Å². The van der Waals surface area contributed by atoms with Gasteiger partial charge in [0.15, 0.2) is 0 Å². The fourth-order valence-electron chi connectivity index (χ4n) is 4.08. The van der Waals surface area contributed by atoms with Crippen molar-refractivity contribution in [1.82, 2.24) is 9.03 Å². The molecule has 3 rings (SSSR count). The number of piperidine rings is 1. The first-order valence-electron chi connectivity index (χ1n) is 10.1. The Morgan fingerprint density at radius 1 is 0.767 bits per heavy atom. The number of rotatable bonds is 5. The Morgan fingerprint density at radius 3 is 1.73 bits per heavy atom. The van der Waals surface area contributed by atoms with Gasteiger partial charge in [0.25, 0.3) is 0 Å². The van der Waals surface area contributed by atoms with Crippen LogP contribution in [0.4, 0.5) is 0 Å². The average Bonchev–Trinajstić information content (AvgIpc) is 2.71. The summed E-state index contributed by atoms with van der Waals surface area (Å²) < 4.78 is 56.2. The number of sulfonamides is 2. The van der Waals surface area contributed by atoms with E-state index in [1.165, 1.54) is 4.31 Å². The summed E-state index contributed by atoms with van der Waals surface area (Å²) in [6.45, 7) is 10.2. The van der Waals surface area contributed by atoms with Crippen molar-refractivity contribution in [3.63, 3.8) is 0 Å². The van der Waals surface area contributed by atoms with Crippen molar-refractivity contribution >= 4 is 20.0 Å². The first-order valence-corrected chi connectivity index (χ1v) is 13.0. The van der Waals surface area contributed by atoms with Crippen LogP contribution in [-0.4, -0.2) is 40.3 Å². The molecule has 30 heavy (non-hydrogen) atoms. The van der Waals surface area contributed by atoms with Crippen molar-refractivity contribution in [2.75, 3.05) is 13.1 Å². The van der Waals surface area contributed by atoms with E-state index in [2.05, 4.69) is 4.72 Å². The zero-order valence-corrected chi connectivity index (χ0v) is 19.8. The summed E-state index contributed by atoms with van der Waals surface area (Å²) in [4.78, 5) is 0.614. The van der Waals surface area contributed by atoms with Crippen molar-refractivity contribution in [2.24, 2.45) is 0 Å². The van der Waals surface area contributed by atoms with Gasteiger partial charge in [0, 0.05) is 19.1 Å². The summed E-state index contributed by atoms with van der Waals surface area (Å²) in [7, 11) is -7.26. The Balaban J connectivity index is 1.79. The third-order valence-corrected chi connectivity index (χ3v) is 10.1. The van der Waals surface area contributed by atoms with Gasteiger partial charge in [-0.2, -0.15) is 4.31 Å². The van der Waals surface area contributed by atoms with Crippen molar-refractivity contribution in [3.8, 4) is 0 Å². The van der Waals surface area contributed by atoms with Gasteiger partial charge in [0.05, 0.1) is 9.79 Å². The van der Waals surface area contributed by atoms with Gasteiger partial charge >= 0.3 is 0 Å². The number of benzene rings is 2. The van der Waals surface area contributed by atoms with E-state index >= 15 is 0 Å². The molecule has 0 atom stereocenters. The maximum Gasteiger partial charge on any atom is 0.243 e. The average molecular weight is 451 g/mol. The first-order chi connectivity index (χ1) is 14.0. The van der Waals surface area contributed by atoms with E-state index in [1.807, 2.05) is 34.6 Å². The van der Waals surface area contributed by atoms with Gasteiger partial charge in [0.2, 0.25) is 20.0 Å². The van der Waals surface area contributed by atoms with Gasteiger partial charge in [-0.15, -0.1) is 0 Å². The number of hydrogen-bond donors (Lipinski definition) is 1. The lowest BCUT2D eigenvalue weighted by Crippen LogP contribution is -2.46. The Kier molecular flexibility index (Phi) is 6.43. The molecule has 0 radical (unpaired) electrons. The van der Waals surface area contributed by atoms with E-state index < -0.39 is 20.0 Å². The quantitative estimate of drug-likeness (QED) is 0.757. The molecule has 0 aromatic heterocycles. The fourth-order valence-corrected chi connectivity index (χ4v) is 7.44. The molecule has 0 unspecified atom stereocenters. The van der Waals surface area contributed by atoms with E-state index in [-0.39, 0.29) is 24.0 Å². The third kappa shape index (κ3) is 4.19. The van der Waals surface area contributed by atoms with Crippen LogP contribution in [0.1, 0.15) is 40.7 Å². The molecule has 164 valence electrons. The summed E-state index contributed by atoms with van der Waals surface area (Å²) in [5.74, 6) is 0. The summed E-state index contributed by atoms with van der Waals surface area (Å²) in [5.41, 5.74) is 4.72. The monoisotopic (exact) mass is 450 g/mol. The minimum atomic E-state index is -3.65. The van der Waals surface area contributed by atoms with Crippen LogP contribution in [-0.2, 0) is 20.0 Å². The smallest absolute Gasteiger partial charge is 0.208 e. The third-order valence-electron chi connectivity index (χ3n) is 6.36. The molecule has 6 nitrogen and oxygen atoms in total. The molecule has 1 aliphatic heterocycles. The maximum absolute atomic E-state index is 13.4. The Hall–Kier alpha value is -1.74. The minimum absolute atomic E-state index is 0.219. The second kappa shape index (κ2) is 8.42. The lowest BCUT2D eigenvalue weighted by Gasteiger charge is -2.32. The van der Waals surface area contributed by atoms with Gasteiger partial charge in [-0.1, -0.05) is 18.2 Å². The molecule has 1 aliphatic rings. The highest BCUT2D eigenvalue weighted by molar-refractivity contribution is 7.89. The van der Waals surface area contributed by atoms with Crippen LogP contribution >= 0.6 is 0 Å². The highest BCUT2D eigenvalue weighted by Gasteiger charge is 2.34. The molecule has 0 amide bonds. The molecular weight excluding hydrogens is 420 g/mol. The van der Waals surface area contributed by atoms with Crippen LogP contribution in [0.15, 0.2) is 40.1 Å². The van der Waals surface area contributed by atoms with E-state index in [9.17, 15) is 16.8 Å². The minimum Gasteiger partial charge on any atom is -0.208 e. The predicted molar refractivity (Wildman–Crippen MR) is 119 cm³/mol. The molecule has 0 saturated carbocycles. The Bertz CT molecular complexity index is 1120. The van der Waals surface area contributed by atoms with Crippen LogP contribution in [0.2, 0.25) is 0 Å². The molecule has 2 aromatic carbocycles. The van der Waals surface area contributed by atoms with Gasteiger partial charge in [-0.25, -0.2) is 21.6 Å². The highest BCUT2D eigenvalue weighted by Crippen LogP contribution is 2.32. The van der Waals surface area contributed by atoms with Crippen molar-refractivity contribution in [1.29, 1.82) is 0 Å². The van der Waals surface area contributed by atoms with Crippen molar-refractivity contribution < 1.29 is 16.8 Å². The lowest BCUT2D eigenvalue weighted by molar-refractivity contribution is 0.308. The molecule has 1 N–H and O–H groups in total. The van der Waals surface area contributed by atoms with Gasteiger partial charge < -0.3 is 0 Å². The SMILES string of the molecule is Cc1c(C)c(C)c(S(=O)(=O)N2CCC(NS(=O)(=O)c3ccccc3)CC2)c(C)c1C. The van der Waals surface area contributed by atoms with Crippen LogP contribution < -0.4 is 4.72 Å².